The summed E-state index contributed by atoms with van der Waals surface area (Å²) in [6, 6.07) is 3.80. The van der Waals surface area contributed by atoms with E-state index in [1.54, 1.807) is 12.4 Å². The van der Waals surface area contributed by atoms with E-state index in [4.69, 9.17) is 5.11 Å². The van der Waals surface area contributed by atoms with Crippen LogP contribution in [0.1, 0.15) is 40.8 Å². The van der Waals surface area contributed by atoms with Gasteiger partial charge in [-0.2, -0.15) is 0 Å². The summed E-state index contributed by atoms with van der Waals surface area (Å²) >= 11 is 0. The van der Waals surface area contributed by atoms with E-state index in [1.807, 2.05) is 19.1 Å². The molecule has 2 rings (SSSR count). The molecule has 0 aromatic carbocycles. The van der Waals surface area contributed by atoms with E-state index in [1.165, 1.54) is 6.20 Å². The number of carboxylic acid groups (broad SMARTS) is 1. The Morgan fingerprint density at radius 1 is 1.37 bits per heavy atom. The molecule has 0 radical (unpaired) electrons. The van der Waals surface area contributed by atoms with Crippen LogP contribution >= 0.6 is 0 Å². The second kappa shape index (κ2) is 6.04. The molecule has 0 atom stereocenters. The van der Waals surface area contributed by atoms with Gasteiger partial charge in [-0.25, -0.2) is 14.8 Å². The summed E-state index contributed by atoms with van der Waals surface area (Å²) in [5.74, 6) is -0.349. The molecule has 0 aliphatic carbocycles. The van der Waals surface area contributed by atoms with Crippen molar-refractivity contribution in [3.8, 4) is 0 Å². The van der Waals surface area contributed by atoms with Crippen molar-refractivity contribution in [2.75, 3.05) is 0 Å². The van der Waals surface area contributed by atoms with Gasteiger partial charge in [-0.1, -0.05) is 19.4 Å². The Labute approximate surface area is 111 Å². The fourth-order valence-electron chi connectivity index (χ4n) is 1.83. The van der Waals surface area contributed by atoms with Gasteiger partial charge in [0.05, 0.1) is 11.3 Å². The zero-order valence-corrected chi connectivity index (χ0v) is 10.7. The van der Waals surface area contributed by atoms with Crippen molar-refractivity contribution in [1.82, 2.24) is 15.0 Å². The zero-order valence-electron chi connectivity index (χ0n) is 10.7. The zero-order chi connectivity index (χ0) is 13.7. The van der Waals surface area contributed by atoms with E-state index in [2.05, 4.69) is 15.0 Å². The number of hydrogen-bond acceptors (Lipinski definition) is 4. The maximum atomic E-state index is 11.1. The average Bonchev–Trinajstić information content (AvgIpc) is 2.40. The fourth-order valence-corrected chi connectivity index (χ4v) is 1.83. The SMILES string of the molecule is CCCc1nc(Cc2cccnc2)ncc1C(=O)O. The molecule has 0 aliphatic heterocycles. The van der Waals surface area contributed by atoms with E-state index in [0.29, 0.717) is 24.4 Å². The predicted octanol–water partition coefficient (Wildman–Crippen LogP) is 2.11. The Hall–Kier alpha value is -2.30. The maximum Gasteiger partial charge on any atom is 0.339 e. The number of rotatable bonds is 5. The molecule has 2 aromatic rings. The minimum absolute atomic E-state index is 0.191. The number of hydrogen-bond donors (Lipinski definition) is 1. The van der Waals surface area contributed by atoms with Gasteiger partial charge in [0, 0.05) is 25.0 Å². The lowest BCUT2D eigenvalue weighted by molar-refractivity contribution is 0.0694. The lowest BCUT2D eigenvalue weighted by atomic mass is 10.1. The predicted molar refractivity (Wildman–Crippen MR) is 70.0 cm³/mol. The minimum Gasteiger partial charge on any atom is -0.478 e. The largest absolute Gasteiger partial charge is 0.478 e. The fraction of sp³-hybridized carbons (Fsp3) is 0.286. The first-order valence-electron chi connectivity index (χ1n) is 6.17. The van der Waals surface area contributed by atoms with Crippen LogP contribution in [0.15, 0.2) is 30.7 Å². The van der Waals surface area contributed by atoms with Crippen LogP contribution in [0.5, 0.6) is 0 Å². The Balaban J connectivity index is 2.27. The monoisotopic (exact) mass is 257 g/mol. The van der Waals surface area contributed by atoms with Crippen molar-refractivity contribution in [1.29, 1.82) is 0 Å². The maximum absolute atomic E-state index is 11.1. The van der Waals surface area contributed by atoms with Crippen molar-refractivity contribution in [3.63, 3.8) is 0 Å². The van der Waals surface area contributed by atoms with Crippen molar-refractivity contribution in [2.45, 2.75) is 26.2 Å². The molecule has 0 saturated carbocycles. The molecule has 0 saturated heterocycles. The summed E-state index contributed by atoms with van der Waals surface area (Å²) in [6.45, 7) is 1.99. The number of aromatic carboxylic acids is 1. The molecule has 0 spiro atoms. The van der Waals surface area contributed by atoms with Crippen molar-refractivity contribution < 1.29 is 9.90 Å². The van der Waals surface area contributed by atoms with Crippen LogP contribution in [-0.2, 0) is 12.8 Å². The number of carbonyl (C=O) groups is 1. The second-order valence-corrected chi connectivity index (χ2v) is 4.24. The lowest BCUT2D eigenvalue weighted by Gasteiger charge is -2.06. The summed E-state index contributed by atoms with van der Waals surface area (Å²) in [5.41, 5.74) is 1.80. The van der Waals surface area contributed by atoms with Gasteiger partial charge in [-0.15, -0.1) is 0 Å². The minimum atomic E-state index is -0.976. The topological polar surface area (TPSA) is 76.0 Å². The highest BCUT2D eigenvalue weighted by Crippen LogP contribution is 2.11. The van der Waals surface area contributed by atoms with E-state index in [-0.39, 0.29) is 5.56 Å². The number of carboxylic acids is 1. The smallest absolute Gasteiger partial charge is 0.339 e. The molecule has 0 aliphatic rings. The highest BCUT2D eigenvalue weighted by Gasteiger charge is 2.13. The van der Waals surface area contributed by atoms with Crippen LogP contribution in [0.4, 0.5) is 0 Å². The van der Waals surface area contributed by atoms with Gasteiger partial charge in [0.2, 0.25) is 0 Å². The summed E-state index contributed by atoms with van der Waals surface area (Å²) in [7, 11) is 0. The Bertz CT molecular complexity index is 570. The first kappa shape index (κ1) is 13.1. The first-order chi connectivity index (χ1) is 9.20. The highest BCUT2D eigenvalue weighted by atomic mass is 16.4. The Morgan fingerprint density at radius 3 is 2.84 bits per heavy atom. The van der Waals surface area contributed by atoms with Crippen LogP contribution in [0.25, 0.3) is 0 Å². The third kappa shape index (κ3) is 3.34. The highest BCUT2D eigenvalue weighted by molar-refractivity contribution is 5.88. The van der Waals surface area contributed by atoms with Crippen molar-refractivity contribution in [2.24, 2.45) is 0 Å². The van der Waals surface area contributed by atoms with Gasteiger partial charge < -0.3 is 5.11 Å². The van der Waals surface area contributed by atoms with Crippen LogP contribution in [0.3, 0.4) is 0 Å². The summed E-state index contributed by atoms with van der Waals surface area (Å²) in [4.78, 5) is 23.6. The van der Waals surface area contributed by atoms with Crippen LogP contribution < -0.4 is 0 Å². The molecule has 98 valence electrons. The number of aryl methyl sites for hydroxylation is 1. The molecule has 5 nitrogen and oxygen atoms in total. The van der Waals surface area contributed by atoms with Gasteiger partial charge >= 0.3 is 5.97 Å². The van der Waals surface area contributed by atoms with E-state index < -0.39 is 5.97 Å². The van der Waals surface area contributed by atoms with Crippen LogP contribution in [0, 0.1) is 0 Å². The van der Waals surface area contributed by atoms with Crippen molar-refractivity contribution in [3.05, 3.63) is 53.4 Å². The third-order valence-corrected chi connectivity index (χ3v) is 2.72. The standard InChI is InChI=1S/C14H15N3O2/c1-2-4-12-11(14(18)19)9-16-13(17-12)7-10-5-3-6-15-8-10/h3,5-6,8-9H,2,4,7H2,1H3,(H,18,19). The molecule has 0 amide bonds. The number of aromatic nitrogens is 3. The van der Waals surface area contributed by atoms with Crippen LogP contribution in [0.2, 0.25) is 0 Å². The van der Waals surface area contributed by atoms with Gasteiger partial charge in [0.1, 0.15) is 5.82 Å². The third-order valence-electron chi connectivity index (χ3n) is 2.72. The number of pyridine rings is 1. The quantitative estimate of drug-likeness (QED) is 0.887. The van der Waals surface area contributed by atoms with Crippen molar-refractivity contribution >= 4 is 5.97 Å². The van der Waals surface area contributed by atoms with E-state index in [0.717, 1.165) is 12.0 Å². The lowest BCUT2D eigenvalue weighted by Crippen LogP contribution is -2.09. The molecular formula is C14H15N3O2. The summed E-state index contributed by atoms with van der Waals surface area (Å²) in [5, 5.41) is 9.08. The summed E-state index contributed by atoms with van der Waals surface area (Å²) in [6.07, 6.45) is 6.92. The summed E-state index contributed by atoms with van der Waals surface area (Å²) < 4.78 is 0. The second-order valence-electron chi connectivity index (χ2n) is 4.24. The molecule has 19 heavy (non-hydrogen) atoms. The van der Waals surface area contributed by atoms with E-state index >= 15 is 0 Å². The van der Waals surface area contributed by atoms with Crippen LogP contribution in [-0.4, -0.2) is 26.0 Å². The molecule has 2 aromatic heterocycles. The van der Waals surface area contributed by atoms with E-state index in [9.17, 15) is 4.79 Å². The molecule has 0 unspecified atom stereocenters. The Morgan fingerprint density at radius 2 is 2.21 bits per heavy atom. The number of nitrogens with zero attached hydrogens (tertiary/aromatic N) is 3. The first-order valence-corrected chi connectivity index (χ1v) is 6.17. The average molecular weight is 257 g/mol. The van der Waals surface area contributed by atoms with Gasteiger partial charge in [0.15, 0.2) is 0 Å². The molecule has 5 heteroatoms. The normalized spacial score (nSPS) is 10.4. The van der Waals surface area contributed by atoms with Gasteiger partial charge in [-0.3, -0.25) is 4.98 Å². The van der Waals surface area contributed by atoms with Gasteiger partial charge in [-0.05, 0) is 18.1 Å². The van der Waals surface area contributed by atoms with Gasteiger partial charge in [0.25, 0.3) is 0 Å². The molecule has 0 bridgehead atoms. The molecular weight excluding hydrogens is 242 g/mol. The Kier molecular flexibility index (Phi) is 4.18. The molecule has 1 N–H and O–H groups in total. The molecule has 0 fully saturated rings. The molecule has 2 heterocycles.